The summed E-state index contributed by atoms with van der Waals surface area (Å²) in [6, 6.07) is 6.10. The van der Waals surface area contributed by atoms with Crippen molar-refractivity contribution >= 4 is 38.8 Å². The SMILES string of the molecule is NC(=S)c1cc(Br)ccc1N1CCCC1CO. The van der Waals surface area contributed by atoms with Gasteiger partial charge in [-0.15, -0.1) is 0 Å². The van der Waals surface area contributed by atoms with Crippen molar-refractivity contribution in [1.29, 1.82) is 0 Å². The summed E-state index contributed by atoms with van der Waals surface area (Å²) in [6.45, 7) is 1.12. The Hall–Kier alpha value is -0.650. The lowest BCUT2D eigenvalue weighted by Crippen LogP contribution is -2.33. The summed E-state index contributed by atoms with van der Waals surface area (Å²) in [4.78, 5) is 2.59. The summed E-state index contributed by atoms with van der Waals surface area (Å²) < 4.78 is 0.962. The number of rotatable bonds is 3. The number of nitrogens with zero attached hydrogens (tertiary/aromatic N) is 1. The molecule has 5 heteroatoms. The predicted molar refractivity (Wildman–Crippen MR) is 77.5 cm³/mol. The van der Waals surface area contributed by atoms with Crippen LogP contribution in [0.1, 0.15) is 18.4 Å². The lowest BCUT2D eigenvalue weighted by molar-refractivity contribution is 0.266. The van der Waals surface area contributed by atoms with Gasteiger partial charge in [0.05, 0.1) is 12.6 Å². The summed E-state index contributed by atoms with van der Waals surface area (Å²) in [5.74, 6) is 0. The Bertz CT molecular complexity index is 439. The first kappa shape index (κ1) is 12.8. The van der Waals surface area contributed by atoms with E-state index in [0.29, 0.717) is 4.99 Å². The van der Waals surface area contributed by atoms with Gasteiger partial charge < -0.3 is 15.7 Å². The number of halogens is 1. The maximum absolute atomic E-state index is 9.37. The average Bonchev–Trinajstić information content (AvgIpc) is 2.76. The Morgan fingerprint density at radius 3 is 3.00 bits per heavy atom. The van der Waals surface area contributed by atoms with E-state index in [9.17, 15) is 5.11 Å². The molecule has 92 valence electrons. The number of benzene rings is 1. The first-order valence-corrected chi connectivity index (χ1v) is 6.80. The molecule has 17 heavy (non-hydrogen) atoms. The number of thiocarbonyl (C=S) groups is 1. The molecule has 0 radical (unpaired) electrons. The molecule has 1 aliphatic rings. The zero-order chi connectivity index (χ0) is 12.4. The fraction of sp³-hybridized carbons (Fsp3) is 0.417. The molecule has 1 unspecified atom stereocenters. The average molecular weight is 315 g/mol. The van der Waals surface area contributed by atoms with Crippen molar-refractivity contribution in [3.8, 4) is 0 Å². The molecule has 0 bridgehead atoms. The number of aliphatic hydroxyl groups excluding tert-OH is 1. The molecule has 0 aliphatic carbocycles. The van der Waals surface area contributed by atoms with Gasteiger partial charge in [-0.25, -0.2) is 0 Å². The maximum atomic E-state index is 9.37. The fourth-order valence-corrected chi connectivity index (χ4v) is 2.82. The van der Waals surface area contributed by atoms with Crippen LogP contribution in [0.5, 0.6) is 0 Å². The largest absolute Gasteiger partial charge is 0.394 e. The molecule has 0 aromatic heterocycles. The molecule has 0 spiro atoms. The van der Waals surface area contributed by atoms with E-state index in [0.717, 1.165) is 35.1 Å². The molecule has 1 heterocycles. The highest BCUT2D eigenvalue weighted by Gasteiger charge is 2.26. The smallest absolute Gasteiger partial charge is 0.106 e. The summed E-state index contributed by atoms with van der Waals surface area (Å²) in [5.41, 5.74) is 7.65. The van der Waals surface area contributed by atoms with Gasteiger partial charge in [-0.3, -0.25) is 0 Å². The van der Waals surface area contributed by atoms with Gasteiger partial charge >= 0.3 is 0 Å². The van der Waals surface area contributed by atoms with Crippen LogP contribution in [0.25, 0.3) is 0 Å². The van der Waals surface area contributed by atoms with Crippen LogP contribution in [0.3, 0.4) is 0 Å². The summed E-state index contributed by atoms with van der Waals surface area (Å²) in [6.07, 6.45) is 2.11. The fourth-order valence-electron chi connectivity index (χ4n) is 2.30. The highest BCUT2D eigenvalue weighted by Crippen LogP contribution is 2.30. The van der Waals surface area contributed by atoms with Crippen LogP contribution in [0.2, 0.25) is 0 Å². The van der Waals surface area contributed by atoms with Gasteiger partial charge in [0.15, 0.2) is 0 Å². The number of hydrogen-bond acceptors (Lipinski definition) is 3. The van der Waals surface area contributed by atoms with E-state index < -0.39 is 0 Å². The number of aliphatic hydroxyl groups is 1. The second-order valence-electron chi connectivity index (χ2n) is 4.20. The van der Waals surface area contributed by atoms with Gasteiger partial charge in [0.25, 0.3) is 0 Å². The van der Waals surface area contributed by atoms with E-state index >= 15 is 0 Å². The lowest BCUT2D eigenvalue weighted by Gasteiger charge is -2.27. The molecule has 3 nitrogen and oxygen atoms in total. The minimum absolute atomic E-state index is 0.173. The van der Waals surface area contributed by atoms with E-state index in [1.165, 1.54) is 0 Å². The van der Waals surface area contributed by atoms with Crippen molar-refractivity contribution in [3.63, 3.8) is 0 Å². The van der Waals surface area contributed by atoms with Crippen LogP contribution in [0.15, 0.2) is 22.7 Å². The summed E-state index contributed by atoms with van der Waals surface area (Å²) >= 11 is 8.51. The summed E-state index contributed by atoms with van der Waals surface area (Å²) in [7, 11) is 0. The molecule has 1 aromatic rings. The monoisotopic (exact) mass is 314 g/mol. The van der Waals surface area contributed by atoms with Gasteiger partial charge in [-0.1, -0.05) is 28.1 Å². The maximum Gasteiger partial charge on any atom is 0.106 e. The summed E-state index contributed by atoms with van der Waals surface area (Å²) in [5, 5.41) is 9.37. The van der Waals surface area contributed by atoms with Crippen LogP contribution in [0.4, 0.5) is 5.69 Å². The predicted octanol–water partition coefficient (Wildman–Crippen LogP) is 2.04. The van der Waals surface area contributed by atoms with Crippen LogP contribution in [-0.2, 0) is 0 Å². The van der Waals surface area contributed by atoms with Crippen molar-refractivity contribution in [2.45, 2.75) is 18.9 Å². The Labute approximate surface area is 115 Å². The zero-order valence-corrected chi connectivity index (χ0v) is 11.8. The third kappa shape index (κ3) is 2.61. The van der Waals surface area contributed by atoms with Crippen molar-refractivity contribution in [1.82, 2.24) is 0 Å². The van der Waals surface area contributed by atoms with E-state index in [1.54, 1.807) is 0 Å². The zero-order valence-electron chi connectivity index (χ0n) is 9.40. The third-order valence-corrected chi connectivity index (χ3v) is 3.83. The molecular weight excluding hydrogens is 300 g/mol. The Balaban J connectivity index is 2.40. The molecule has 3 N–H and O–H groups in total. The van der Waals surface area contributed by atoms with Crippen molar-refractivity contribution in [2.75, 3.05) is 18.1 Å². The molecule has 1 fully saturated rings. The first-order chi connectivity index (χ1) is 8.13. The van der Waals surface area contributed by atoms with E-state index in [2.05, 4.69) is 20.8 Å². The van der Waals surface area contributed by atoms with Crippen molar-refractivity contribution < 1.29 is 5.11 Å². The Morgan fingerprint density at radius 2 is 2.35 bits per heavy atom. The third-order valence-electron chi connectivity index (χ3n) is 3.12. The van der Waals surface area contributed by atoms with Gasteiger partial charge in [-0.2, -0.15) is 0 Å². The lowest BCUT2D eigenvalue weighted by atomic mass is 10.1. The molecule has 0 amide bonds. The Kier molecular flexibility index (Phi) is 4.01. The second-order valence-corrected chi connectivity index (χ2v) is 5.55. The van der Waals surface area contributed by atoms with Crippen LogP contribution in [0, 0.1) is 0 Å². The number of nitrogens with two attached hydrogens (primary N) is 1. The molecule has 1 atom stereocenters. The quantitative estimate of drug-likeness (QED) is 0.838. The molecule has 0 saturated carbocycles. The highest BCUT2D eigenvalue weighted by atomic mass is 79.9. The highest BCUT2D eigenvalue weighted by molar-refractivity contribution is 9.10. The number of anilines is 1. The van der Waals surface area contributed by atoms with Gasteiger partial charge in [0.2, 0.25) is 0 Å². The van der Waals surface area contributed by atoms with Crippen LogP contribution < -0.4 is 10.6 Å². The van der Waals surface area contributed by atoms with Crippen molar-refractivity contribution in [3.05, 3.63) is 28.2 Å². The minimum atomic E-state index is 0.173. The standard InChI is InChI=1S/C12H15BrN2OS/c13-8-3-4-11(10(6-8)12(14)17)15-5-1-2-9(15)7-16/h3-4,6,9,16H,1-2,5,7H2,(H2,14,17). The molecular formula is C12H15BrN2OS. The molecule has 2 rings (SSSR count). The Morgan fingerprint density at radius 1 is 1.59 bits per heavy atom. The van der Waals surface area contributed by atoms with Crippen molar-refractivity contribution in [2.24, 2.45) is 5.73 Å². The van der Waals surface area contributed by atoms with E-state index in [4.69, 9.17) is 18.0 Å². The molecule has 1 aliphatic heterocycles. The normalized spacial score (nSPS) is 19.6. The first-order valence-electron chi connectivity index (χ1n) is 5.60. The van der Waals surface area contributed by atoms with Crippen LogP contribution >= 0.6 is 28.1 Å². The van der Waals surface area contributed by atoms with Gasteiger partial charge in [0.1, 0.15) is 4.99 Å². The topological polar surface area (TPSA) is 49.5 Å². The molecule has 1 aromatic carbocycles. The second kappa shape index (κ2) is 5.33. The minimum Gasteiger partial charge on any atom is -0.394 e. The van der Waals surface area contributed by atoms with Crippen LogP contribution in [-0.4, -0.2) is 29.3 Å². The van der Waals surface area contributed by atoms with Gasteiger partial charge in [-0.05, 0) is 31.0 Å². The van der Waals surface area contributed by atoms with Gasteiger partial charge in [0, 0.05) is 22.3 Å². The van der Waals surface area contributed by atoms with E-state index in [1.807, 2.05) is 18.2 Å². The molecule has 1 saturated heterocycles. The van der Waals surface area contributed by atoms with E-state index in [-0.39, 0.29) is 12.6 Å². The number of hydrogen-bond donors (Lipinski definition) is 2.